The number of amides is 3. The zero-order valence-corrected chi connectivity index (χ0v) is 18.1. The maximum absolute atomic E-state index is 12.7. The Morgan fingerprint density at radius 2 is 1.84 bits per heavy atom. The van der Waals surface area contributed by atoms with Crippen LogP contribution in [0.15, 0.2) is 42.7 Å². The topological polar surface area (TPSA) is 79.3 Å². The number of benzene rings is 2. The fourth-order valence-corrected chi connectivity index (χ4v) is 3.98. The number of imidazole rings is 1. The number of aryl methyl sites for hydroxylation is 2. The SMILES string of the molecule is Cc1ccc(C)c(NC(=O)NCCn2cnc3cc(C(=O)N4CCCCC4)ccc32)c1. The minimum absolute atomic E-state index is 0.0842. The second-order valence-corrected chi connectivity index (χ2v) is 8.19. The highest BCUT2D eigenvalue weighted by Crippen LogP contribution is 2.19. The van der Waals surface area contributed by atoms with E-state index in [4.69, 9.17) is 0 Å². The van der Waals surface area contributed by atoms with Crippen LogP contribution in [-0.4, -0.2) is 46.0 Å². The fourth-order valence-electron chi connectivity index (χ4n) is 3.98. The molecule has 0 spiro atoms. The molecule has 0 aliphatic carbocycles. The number of hydrogen-bond donors (Lipinski definition) is 2. The number of nitrogens with one attached hydrogen (secondary N) is 2. The standard InChI is InChI=1S/C24H29N5O2/c1-17-6-7-18(2)20(14-17)27-24(31)25-10-13-29-16-26-21-15-19(8-9-22(21)29)23(30)28-11-4-3-5-12-28/h6-9,14-16H,3-5,10-13H2,1-2H3,(H2,25,27,31). The van der Waals surface area contributed by atoms with Crippen LogP contribution in [0.3, 0.4) is 0 Å². The summed E-state index contributed by atoms with van der Waals surface area (Å²) in [7, 11) is 0. The van der Waals surface area contributed by atoms with Crippen molar-refractivity contribution < 1.29 is 9.59 Å². The third kappa shape index (κ3) is 4.87. The zero-order valence-electron chi connectivity index (χ0n) is 18.1. The Morgan fingerprint density at radius 1 is 1.03 bits per heavy atom. The maximum atomic E-state index is 12.7. The lowest BCUT2D eigenvalue weighted by Crippen LogP contribution is -2.35. The van der Waals surface area contributed by atoms with Crippen LogP contribution < -0.4 is 10.6 Å². The molecule has 2 N–H and O–H groups in total. The van der Waals surface area contributed by atoms with Crippen molar-refractivity contribution in [3.8, 4) is 0 Å². The molecule has 31 heavy (non-hydrogen) atoms. The summed E-state index contributed by atoms with van der Waals surface area (Å²) in [6.07, 6.45) is 5.10. The minimum Gasteiger partial charge on any atom is -0.339 e. The smallest absolute Gasteiger partial charge is 0.319 e. The molecule has 2 aromatic carbocycles. The molecule has 3 amide bonds. The third-order valence-electron chi connectivity index (χ3n) is 5.79. The van der Waals surface area contributed by atoms with E-state index in [1.807, 2.05) is 59.7 Å². The summed E-state index contributed by atoms with van der Waals surface area (Å²) >= 11 is 0. The molecule has 4 rings (SSSR count). The first-order valence-corrected chi connectivity index (χ1v) is 10.9. The van der Waals surface area contributed by atoms with Crippen LogP contribution in [0, 0.1) is 13.8 Å². The van der Waals surface area contributed by atoms with E-state index in [0.29, 0.717) is 18.7 Å². The average molecular weight is 420 g/mol. The van der Waals surface area contributed by atoms with Crippen LogP contribution in [0.4, 0.5) is 10.5 Å². The summed E-state index contributed by atoms with van der Waals surface area (Å²) in [4.78, 5) is 31.4. The number of likely N-dealkylation sites (tertiary alicyclic amines) is 1. The number of fused-ring (bicyclic) bond motifs is 1. The van der Waals surface area contributed by atoms with Crippen molar-refractivity contribution >= 4 is 28.7 Å². The lowest BCUT2D eigenvalue weighted by molar-refractivity contribution is 0.0724. The van der Waals surface area contributed by atoms with Crippen molar-refractivity contribution in [1.82, 2.24) is 19.8 Å². The van der Waals surface area contributed by atoms with Gasteiger partial charge in [0.2, 0.25) is 0 Å². The number of hydrogen-bond acceptors (Lipinski definition) is 3. The van der Waals surface area contributed by atoms with E-state index < -0.39 is 0 Å². The maximum Gasteiger partial charge on any atom is 0.319 e. The van der Waals surface area contributed by atoms with Gasteiger partial charge in [0.15, 0.2) is 0 Å². The van der Waals surface area contributed by atoms with Gasteiger partial charge in [-0.3, -0.25) is 4.79 Å². The molecule has 7 nitrogen and oxygen atoms in total. The van der Waals surface area contributed by atoms with E-state index in [1.165, 1.54) is 6.42 Å². The number of urea groups is 1. The number of anilines is 1. The van der Waals surface area contributed by atoms with E-state index in [9.17, 15) is 9.59 Å². The molecule has 0 atom stereocenters. The van der Waals surface area contributed by atoms with Crippen molar-refractivity contribution in [2.75, 3.05) is 25.0 Å². The van der Waals surface area contributed by atoms with Gasteiger partial charge in [0.25, 0.3) is 5.91 Å². The summed E-state index contributed by atoms with van der Waals surface area (Å²) in [6, 6.07) is 11.4. The van der Waals surface area contributed by atoms with Crippen molar-refractivity contribution in [3.05, 3.63) is 59.4 Å². The Bertz CT molecular complexity index is 1100. The van der Waals surface area contributed by atoms with Gasteiger partial charge in [0.1, 0.15) is 0 Å². The molecule has 1 aliphatic rings. The molecule has 7 heteroatoms. The van der Waals surface area contributed by atoms with E-state index in [0.717, 1.165) is 53.8 Å². The molecule has 2 heterocycles. The van der Waals surface area contributed by atoms with Gasteiger partial charge in [-0.1, -0.05) is 12.1 Å². The fraction of sp³-hybridized carbons (Fsp3) is 0.375. The normalized spacial score (nSPS) is 13.9. The Morgan fingerprint density at radius 3 is 2.65 bits per heavy atom. The van der Waals surface area contributed by atoms with Gasteiger partial charge < -0.3 is 20.1 Å². The van der Waals surface area contributed by atoms with Crippen LogP contribution in [0.5, 0.6) is 0 Å². The van der Waals surface area contributed by atoms with Gasteiger partial charge in [0.05, 0.1) is 17.4 Å². The number of carbonyl (C=O) groups is 2. The molecule has 0 unspecified atom stereocenters. The predicted molar refractivity (Wildman–Crippen MR) is 122 cm³/mol. The quantitative estimate of drug-likeness (QED) is 0.653. The molecule has 162 valence electrons. The Labute approximate surface area is 182 Å². The van der Waals surface area contributed by atoms with Gasteiger partial charge in [-0.15, -0.1) is 0 Å². The van der Waals surface area contributed by atoms with Gasteiger partial charge in [-0.25, -0.2) is 9.78 Å². The molecule has 0 saturated carbocycles. The minimum atomic E-state index is -0.229. The zero-order chi connectivity index (χ0) is 21.8. The molecule has 1 aromatic heterocycles. The number of nitrogens with zero attached hydrogens (tertiary/aromatic N) is 3. The first-order chi connectivity index (χ1) is 15.0. The lowest BCUT2D eigenvalue weighted by atomic mass is 10.1. The number of rotatable bonds is 5. The Hall–Kier alpha value is -3.35. The molecular weight excluding hydrogens is 390 g/mol. The summed E-state index contributed by atoms with van der Waals surface area (Å²) < 4.78 is 1.99. The predicted octanol–water partition coefficient (Wildman–Crippen LogP) is 4.10. The monoisotopic (exact) mass is 419 g/mol. The van der Waals surface area contributed by atoms with Crippen molar-refractivity contribution in [3.63, 3.8) is 0 Å². The Balaban J connectivity index is 1.35. The van der Waals surface area contributed by atoms with E-state index in [-0.39, 0.29) is 11.9 Å². The molecule has 0 radical (unpaired) electrons. The molecule has 1 saturated heterocycles. The third-order valence-corrected chi connectivity index (χ3v) is 5.79. The van der Waals surface area contributed by atoms with Crippen LogP contribution in [0.25, 0.3) is 11.0 Å². The van der Waals surface area contributed by atoms with Crippen LogP contribution >= 0.6 is 0 Å². The van der Waals surface area contributed by atoms with E-state index >= 15 is 0 Å². The van der Waals surface area contributed by atoms with E-state index in [2.05, 4.69) is 15.6 Å². The number of piperidine rings is 1. The molecule has 0 bridgehead atoms. The molecule has 1 fully saturated rings. The number of aromatic nitrogens is 2. The summed E-state index contributed by atoms with van der Waals surface area (Å²) in [5, 5.41) is 5.80. The highest BCUT2D eigenvalue weighted by Gasteiger charge is 2.19. The lowest BCUT2D eigenvalue weighted by Gasteiger charge is -2.26. The second-order valence-electron chi connectivity index (χ2n) is 8.19. The van der Waals surface area contributed by atoms with Gasteiger partial charge >= 0.3 is 6.03 Å². The summed E-state index contributed by atoms with van der Waals surface area (Å²) in [6.45, 7) is 6.70. The number of carbonyl (C=O) groups excluding carboxylic acids is 2. The van der Waals surface area contributed by atoms with Gasteiger partial charge in [0, 0.05) is 37.4 Å². The van der Waals surface area contributed by atoms with Gasteiger partial charge in [-0.2, -0.15) is 0 Å². The Kier molecular flexibility index (Phi) is 6.21. The molecule has 1 aliphatic heterocycles. The molecular formula is C24H29N5O2. The first-order valence-electron chi connectivity index (χ1n) is 10.9. The van der Waals surface area contributed by atoms with Crippen LogP contribution in [0.1, 0.15) is 40.7 Å². The van der Waals surface area contributed by atoms with Crippen molar-refractivity contribution in [2.24, 2.45) is 0 Å². The highest BCUT2D eigenvalue weighted by molar-refractivity contribution is 5.97. The van der Waals surface area contributed by atoms with Crippen LogP contribution in [0.2, 0.25) is 0 Å². The summed E-state index contributed by atoms with van der Waals surface area (Å²) in [5.74, 6) is 0.0842. The highest BCUT2D eigenvalue weighted by atomic mass is 16.2. The van der Waals surface area contributed by atoms with Crippen molar-refractivity contribution in [1.29, 1.82) is 0 Å². The molecule has 3 aromatic rings. The first kappa shape index (κ1) is 20.9. The van der Waals surface area contributed by atoms with Crippen molar-refractivity contribution in [2.45, 2.75) is 39.7 Å². The van der Waals surface area contributed by atoms with Gasteiger partial charge in [-0.05, 0) is 68.5 Å². The van der Waals surface area contributed by atoms with E-state index in [1.54, 1.807) is 6.33 Å². The average Bonchev–Trinajstić information content (AvgIpc) is 3.18. The summed E-state index contributed by atoms with van der Waals surface area (Å²) in [5.41, 5.74) is 5.37. The second kappa shape index (κ2) is 9.20. The van der Waals surface area contributed by atoms with Crippen LogP contribution in [-0.2, 0) is 6.54 Å². The largest absolute Gasteiger partial charge is 0.339 e.